The maximum atomic E-state index is 12.8. The average molecular weight is 272 g/mol. The molecule has 0 aromatic heterocycles. The van der Waals surface area contributed by atoms with Crippen molar-refractivity contribution < 1.29 is 13.9 Å². The number of amides is 1. The van der Waals surface area contributed by atoms with E-state index in [1.165, 1.54) is 18.2 Å². The van der Waals surface area contributed by atoms with Gasteiger partial charge in [0, 0.05) is 19.5 Å². The van der Waals surface area contributed by atoms with Crippen LogP contribution < -0.4 is 4.74 Å². The minimum atomic E-state index is -0.380. The van der Waals surface area contributed by atoms with E-state index in [0.717, 1.165) is 19.4 Å². The summed E-state index contributed by atoms with van der Waals surface area (Å²) >= 11 is 5.83. The van der Waals surface area contributed by atoms with Crippen LogP contribution in [-0.2, 0) is 4.79 Å². The van der Waals surface area contributed by atoms with Crippen molar-refractivity contribution in [3.05, 3.63) is 29.0 Å². The highest BCUT2D eigenvalue weighted by molar-refractivity contribution is 6.32. The number of carbonyl (C=O) groups is 1. The third kappa shape index (κ3) is 3.35. The number of ether oxygens (including phenoxy) is 1. The van der Waals surface area contributed by atoms with Crippen LogP contribution in [0.15, 0.2) is 18.2 Å². The molecule has 1 aliphatic rings. The van der Waals surface area contributed by atoms with Gasteiger partial charge in [0.25, 0.3) is 0 Å². The second-order valence-corrected chi connectivity index (χ2v) is 4.67. The second-order valence-electron chi connectivity index (χ2n) is 4.26. The maximum absolute atomic E-state index is 12.8. The molecule has 1 heterocycles. The Morgan fingerprint density at radius 3 is 2.94 bits per heavy atom. The van der Waals surface area contributed by atoms with E-state index in [0.29, 0.717) is 25.3 Å². The molecule has 1 aliphatic heterocycles. The van der Waals surface area contributed by atoms with Gasteiger partial charge >= 0.3 is 0 Å². The van der Waals surface area contributed by atoms with E-state index in [2.05, 4.69) is 0 Å². The summed E-state index contributed by atoms with van der Waals surface area (Å²) < 4.78 is 18.2. The first kappa shape index (κ1) is 13.1. The van der Waals surface area contributed by atoms with Crippen LogP contribution >= 0.6 is 11.6 Å². The van der Waals surface area contributed by atoms with Crippen LogP contribution in [0.5, 0.6) is 5.75 Å². The number of hydrogen-bond donors (Lipinski definition) is 0. The summed E-state index contributed by atoms with van der Waals surface area (Å²) in [5, 5.41) is 0.271. The molecule has 3 nitrogen and oxygen atoms in total. The zero-order valence-corrected chi connectivity index (χ0v) is 10.8. The van der Waals surface area contributed by atoms with Gasteiger partial charge in [-0.25, -0.2) is 4.39 Å². The number of halogens is 2. The predicted molar refractivity (Wildman–Crippen MR) is 67.3 cm³/mol. The number of benzene rings is 1. The van der Waals surface area contributed by atoms with Crippen LogP contribution in [-0.4, -0.2) is 30.5 Å². The first-order valence-corrected chi connectivity index (χ1v) is 6.40. The number of likely N-dealkylation sites (tertiary alicyclic amines) is 1. The molecular formula is C13H15ClFNO2. The molecule has 1 aromatic rings. The van der Waals surface area contributed by atoms with Gasteiger partial charge < -0.3 is 9.64 Å². The molecule has 1 amide bonds. The van der Waals surface area contributed by atoms with Gasteiger partial charge in [-0.3, -0.25) is 4.79 Å². The van der Waals surface area contributed by atoms with Crippen molar-refractivity contribution >= 4 is 17.5 Å². The number of nitrogens with zero attached hydrogens (tertiary/aromatic N) is 1. The Bertz CT molecular complexity index is 439. The second kappa shape index (κ2) is 6.05. The smallest absolute Gasteiger partial charge is 0.222 e. The van der Waals surface area contributed by atoms with Crippen LogP contribution in [0.2, 0.25) is 5.02 Å². The summed E-state index contributed by atoms with van der Waals surface area (Å²) in [6.07, 6.45) is 2.35. The molecule has 1 aromatic carbocycles. The van der Waals surface area contributed by atoms with E-state index >= 15 is 0 Å². The van der Waals surface area contributed by atoms with Crippen molar-refractivity contribution in [3.63, 3.8) is 0 Å². The highest BCUT2D eigenvalue weighted by Gasteiger charge is 2.19. The van der Waals surface area contributed by atoms with E-state index in [1.54, 1.807) is 0 Å². The number of hydrogen-bond acceptors (Lipinski definition) is 2. The summed E-state index contributed by atoms with van der Waals surface area (Å²) in [7, 11) is 0. The molecule has 5 heteroatoms. The third-order valence-electron chi connectivity index (χ3n) is 2.90. The molecule has 1 saturated heterocycles. The van der Waals surface area contributed by atoms with Gasteiger partial charge in [-0.15, -0.1) is 0 Å². The van der Waals surface area contributed by atoms with Gasteiger partial charge in [0.1, 0.15) is 11.6 Å². The Morgan fingerprint density at radius 2 is 2.28 bits per heavy atom. The van der Waals surface area contributed by atoms with Crippen molar-refractivity contribution in [1.29, 1.82) is 0 Å². The summed E-state index contributed by atoms with van der Waals surface area (Å²) in [6, 6.07) is 4.05. The molecule has 0 spiro atoms. The van der Waals surface area contributed by atoms with Crippen molar-refractivity contribution in [2.45, 2.75) is 19.3 Å². The highest BCUT2D eigenvalue weighted by atomic mass is 35.5. The zero-order valence-electron chi connectivity index (χ0n) is 9.99. The van der Waals surface area contributed by atoms with Gasteiger partial charge in [-0.05, 0) is 31.0 Å². The lowest BCUT2D eigenvalue weighted by atomic mass is 10.3. The predicted octanol–water partition coefficient (Wildman–Crippen LogP) is 2.87. The molecule has 18 heavy (non-hydrogen) atoms. The van der Waals surface area contributed by atoms with E-state index in [9.17, 15) is 9.18 Å². The molecule has 0 radical (unpaired) electrons. The van der Waals surface area contributed by atoms with Gasteiger partial charge in [-0.2, -0.15) is 0 Å². The molecule has 0 unspecified atom stereocenters. The minimum absolute atomic E-state index is 0.217. The fraction of sp³-hybridized carbons (Fsp3) is 0.462. The lowest BCUT2D eigenvalue weighted by Crippen LogP contribution is -2.26. The lowest BCUT2D eigenvalue weighted by Gasteiger charge is -2.15. The minimum Gasteiger partial charge on any atom is -0.492 e. The Hall–Kier alpha value is -1.29. The van der Waals surface area contributed by atoms with Gasteiger partial charge in [0.2, 0.25) is 5.91 Å². The average Bonchev–Trinajstić information content (AvgIpc) is 2.73. The fourth-order valence-electron chi connectivity index (χ4n) is 1.97. The SMILES string of the molecule is O=C1CCCN1CCCOc1ccc(F)cc1Cl. The maximum Gasteiger partial charge on any atom is 0.222 e. The Kier molecular flexibility index (Phi) is 4.42. The largest absolute Gasteiger partial charge is 0.492 e. The highest BCUT2D eigenvalue weighted by Crippen LogP contribution is 2.24. The molecular weight excluding hydrogens is 257 g/mol. The molecule has 0 bridgehead atoms. The molecule has 1 fully saturated rings. The summed E-state index contributed by atoms with van der Waals surface area (Å²) in [6.45, 7) is 2.02. The normalized spacial score (nSPS) is 15.2. The number of carbonyl (C=O) groups excluding carboxylic acids is 1. The fourth-order valence-corrected chi connectivity index (χ4v) is 2.19. The van der Waals surface area contributed by atoms with Gasteiger partial charge in [-0.1, -0.05) is 11.6 Å². The quantitative estimate of drug-likeness (QED) is 0.771. The van der Waals surface area contributed by atoms with Crippen LogP contribution in [0, 0.1) is 5.82 Å². The van der Waals surface area contributed by atoms with Crippen molar-refractivity contribution in [2.24, 2.45) is 0 Å². The van der Waals surface area contributed by atoms with Crippen LogP contribution in [0.1, 0.15) is 19.3 Å². The summed E-state index contributed by atoms with van der Waals surface area (Å²) in [4.78, 5) is 13.2. The van der Waals surface area contributed by atoms with Crippen LogP contribution in [0.25, 0.3) is 0 Å². The van der Waals surface area contributed by atoms with Crippen LogP contribution in [0.4, 0.5) is 4.39 Å². The monoisotopic (exact) mass is 271 g/mol. The molecule has 98 valence electrons. The topological polar surface area (TPSA) is 29.5 Å². The molecule has 0 N–H and O–H groups in total. The van der Waals surface area contributed by atoms with Crippen molar-refractivity contribution in [2.75, 3.05) is 19.7 Å². The Morgan fingerprint density at radius 1 is 1.44 bits per heavy atom. The molecule has 2 rings (SSSR count). The van der Waals surface area contributed by atoms with Gasteiger partial charge in [0.15, 0.2) is 0 Å². The molecule has 0 aliphatic carbocycles. The molecule has 0 saturated carbocycles. The van der Waals surface area contributed by atoms with E-state index in [1.807, 2.05) is 4.90 Å². The third-order valence-corrected chi connectivity index (χ3v) is 3.19. The Labute approximate surface area is 110 Å². The van der Waals surface area contributed by atoms with E-state index in [-0.39, 0.29) is 16.7 Å². The Balaban J connectivity index is 1.73. The van der Waals surface area contributed by atoms with Crippen molar-refractivity contribution in [3.8, 4) is 5.75 Å². The standard InChI is InChI=1S/C13H15ClFNO2/c14-11-9-10(15)4-5-12(11)18-8-2-7-16-6-1-3-13(16)17/h4-5,9H,1-3,6-8H2. The zero-order chi connectivity index (χ0) is 13.0. The van der Waals surface area contributed by atoms with Crippen LogP contribution in [0.3, 0.4) is 0 Å². The van der Waals surface area contributed by atoms with Crippen molar-refractivity contribution in [1.82, 2.24) is 4.90 Å². The van der Waals surface area contributed by atoms with Gasteiger partial charge in [0.05, 0.1) is 11.6 Å². The van der Waals surface area contributed by atoms with E-state index < -0.39 is 0 Å². The lowest BCUT2D eigenvalue weighted by molar-refractivity contribution is -0.127. The summed E-state index contributed by atoms with van der Waals surface area (Å²) in [5.41, 5.74) is 0. The van der Waals surface area contributed by atoms with E-state index in [4.69, 9.17) is 16.3 Å². The first-order chi connectivity index (χ1) is 8.66. The number of rotatable bonds is 5. The molecule has 0 atom stereocenters. The summed E-state index contributed by atoms with van der Waals surface area (Å²) in [5.74, 6) is 0.315. The first-order valence-electron chi connectivity index (χ1n) is 6.02.